The van der Waals surface area contributed by atoms with E-state index in [9.17, 15) is 13.2 Å². The fourth-order valence-electron chi connectivity index (χ4n) is 2.67. The Kier molecular flexibility index (Phi) is 8.84. The molecule has 9 heteroatoms. The minimum Gasteiger partial charge on any atom is -0.361 e. The lowest BCUT2D eigenvalue weighted by Gasteiger charge is -2.19. The van der Waals surface area contributed by atoms with Gasteiger partial charge in [0.05, 0.1) is 10.9 Å². The first-order chi connectivity index (χ1) is 12.9. The maximum Gasteiger partial charge on any atom is 0.256 e. The maximum atomic E-state index is 12.9. The number of nitrogens with one attached hydrogen (secondary N) is 4. The van der Waals surface area contributed by atoms with Crippen molar-refractivity contribution in [3.8, 4) is 0 Å². The summed E-state index contributed by atoms with van der Waals surface area (Å²) >= 11 is 5.08. The molecule has 0 aliphatic carbocycles. The largest absolute Gasteiger partial charge is 0.361 e. The number of sulfonamides is 1. The van der Waals surface area contributed by atoms with E-state index >= 15 is 0 Å². The number of hydrogen-bond donors (Lipinski definition) is 4. The van der Waals surface area contributed by atoms with Gasteiger partial charge in [0, 0.05) is 6.54 Å². The highest BCUT2D eigenvalue weighted by Crippen LogP contribution is 2.26. The molecule has 28 heavy (non-hydrogen) atoms. The molecule has 0 heterocycles. The van der Waals surface area contributed by atoms with E-state index in [-0.39, 0.29) is 10.0 Å². The van der Waals surface area contributed by atoms with Crippen molar-refractivity contribution in [1.82, 2.24) is 20.9 Å². The second-order valence-corrected chi connectivity index (χ2v) is 9.54. The van der Waals surface area contributed by atoms with Crippen LogP contribution in [0.4, 0.5) is 0 Å². The Labute approximate surface area is 174 Å². The summed E-state index contributed by atoms with van der Waals surface area (Å²) in [5.74, 6) is 0.00718. The third-order valence-corrected chi connectivity index (χ3v) is 6.66. The van der Waals surface area contributed by atoms with E-state index in [0.29, 0.717) is 23.6 Å². The maximum absolute atomic E-state index is 12.9. The summed E-state index contributed by atoms with van der Waals surface area (Å²) in [6.07, 6.45) is 0.945. The van der Waals surface area contributed by atoms with Gasteiger partial charge in [-0.05, 0) is 81.4 Å². The molecule has 7 nitrogen and oxygen atoms in total. The van der Waals surface area contributed by atoms with Crippen LogP contribution in [0, 0.1) is 33.6 Å². The van der Waals surface area contributed by atoms with Gasteiger partial charge in [0.25, 0.3) is 5.91 Å². The minimum absolute atomic E-state index is 0.225. The third kappa shape index (κ3) is 6.72. The van der Waals surface area contributed by atoms with E-state index in [0.717, 1.165) is 17.5 Å². The van der Waals surface area contributed by atoms with Crippen LogP contribution in [0.15, 0.2) is 11.0 Å². The molecule has 0 fully saturated rings. The van der Waals surface area contributed by atoms with E-state index in [1.54, 1.807) is 13.8 Å². The van der Waals surface area contributed by atoms with Crippen LogP contribution in [0.2, 0.25) is 0 Å². The number of benzene rings is 1. The quantitative estimate of drug-likeness (QED) is 0.392. The lowest BCUT2D eigenvalue weighted by molar-refractivity contribution is -0.122. The molecule has 0 unspecified atom stereocenters. The monoisotopic (exact) mass is 428 g/mol. The second kappa shape index (κ2) is 10.2. The Hall–Kier alpha value is -1.71. The first-order valence-electron chi connectivity index (χ1n) is 9.30. The van der Waals surface area contributed by atoms with Crippen molar-refractivity contribution >= 4 is 33.3 Å². The van der Waals surface area contributed by atoms with Gasteiger partial charge in [-0.3, -0.25) is 15.6 Å². The van der Waals surface area contributed by atoms with Crippen molar-refractivity contribution in [1.29, 1.82) is 0 Å². The summed E-state index contributed by atoms with van der Waals surface area (Å²) in [6, 6.07) is 0.979. The summed E-state index contributed by atoms with van der Waals surface area (Å²) < 4.78 is 28.2. The van der Waals surface area contributed by atoms with Gasteiger partial charge in [-0.15, -0.1) is 0 Å². The van der Waals surface area contributed by atoms with Crippen molar-refractivity contribution in [2.24, 2.45) is 5.92 Å². The molecule has 0 radical (unpaired) electrons. The number of rotatable bonds is 7. The summed E-state index contributed by atoms with van der Waals surface area (Å²) in [5, 5.41) is 3.26. The molecular weight excluding hydrogens is 396 g/mol. The van der Waals surface area contributed by atoms with Crippen molar-refractivity contribution in [2.45, 2.75) is 65.8 Å². The first-order valence-corrected chi connectivity index (χ1v) is 11.2. The number of hydrogen-bond acceptors (Lipinski definition) is 4. The lowest BCUT2D eigenvalue weighted by atomic mass is 10.0. The van der Waals surface area contributed by atoms with Crippen LogP contribution in [-0.2, 0) is 14.8 Å². The lowest BCUT2D eigenvalue weighted by Crippen LogP contribution is -2.53. The van der Waals surface area contributed by atoms with Crippen LogP contribution < -0.4 is 20.9 Å². The molecule has 0 bridgehead atoms. The van der Waals surface area contributed by atoms with Crippen LogP contribution in [0.5, 0.6) is 0 Å². The molecule has 0 aromatic heterocycles. The Bertz CT molecular complexity index is 810. The number of aryl methyl sites for hydroxylation is 2. The van der Waals surface area contributed by atoms with Crippen LogP contribution >= 0.6 is 12.2 Å². The summed E-state index contributed by atoms with van der Waals surface area (Å²) in [5.41, 5.74) is 8.15. The first kappa shape index (κ1) is 24.3. The Morgan fingerprint density at radius 2 is 1.57 bits per heavy atom. The molecule has 1 atom stereocenters. The smallest absolute Gasteiger partial charge is 0.256 e. The van der Waals surface area contributed by atoms with Crippen LogP contribution in [0.1, 0.15) is 49.4 Å². The van der Waals surface area contributed by atoms with Gasteiger partial charge in [0.15, 0.2) is 5.11 Å². The molecule has 0 aliphatic rings. The van der Waals surface area contributed by atoms with Gasteiger partial charge in [0.1, 0.15) is 0 Å². The molecule has 0 aliphatic heterocycles. The fraction of sp³-hybridized carbons (Fsp3) is 0.579. The molecule has 1 aromatic rings. The van der Waals surface area contributed by atoms with Crippen molar-refractivity contribution in [2.75, 3.05) is 6.54 Å². The molecule has 1 aromatic carbocycles. The van der Waals surface area contributed by atoms with Gasteiger partial charge in [-0.1, -0.05) is 19.9 Å². The second-order valence-electron chi connectivity index (χ2n) is 7.49. The Morgan fingerprint density at radius 1 is 1.04 bits per heavy atom. The van der Waals surface area contributed by atoms with Gasteiger partial charge in [0.2, 0.25) is 10.0 Å². The average molecular weight is 429 g/mol. The van der Waals surface area contributed by atoms with Gasteiger partial charge >= 0.3 is 0 Å². The molecule has 1 amide bonds. The summed E-state index contributed by atoms with van der Waals surface area (Å²) in [6.45, 7) is 13.7. The zero-order valence-corrected chi connectivity index (χ0v) is 19.3. The van der Waals surface area contributed by atoms with Gasteiger partial charge < -0.3 is 5.32 Å². The van der Waals surface area contributed by atoms with Gasteiger partial charge in [-0.2, -0.15) is 4.72 Å². The third-order valence-electron chi connectivity index (χ3n) is 4.60. The number of amides is 1. The molecule has 158 valence electrons. The van der Waals surface area contributed by atoms with Crippen molar-refractivity contribution in [3.63, 3.8) is 0 Å². The minimum atomic E-state index is -3.86. The van der Waals surface area contributed by atoms with Crippen LogP contribution in [0.3, 0.4) is 0 Å². The number of carbonyl (C=O) groups excluding carboxylic acids is 1. The van der Waals surface area contributed by atoms with E-state index < -0.39 is 22.0 Å². The van der Waals surface area contributed by atoms with E-state index in [1.165, 1.54) is 6.92 Å². The topological polar surface area (TPSA) is 99.3 Å². The van der Waals surface area contributed by atoms with E-state index in [1.807, 2.05) is 19.9 Å². The molecule has 1 rings (SSSR count). The Balaban J connectivity index is 2.75. The SMILES string of the molecule is Cc1cc(C)c(C)c(S(=O)(=O)N[C@@H](C)C(=O)NNC(=S)NCCC(C)C)c1C. The van der Waals surface area contributed by atoms with Crippen LogP contribution in [-0.4, -0.2) is 32.0 Å². The number of hydrazine groups is 1. The van der Waals surface area contributed by atoms with Crippen molar-refractivity contribution in [3.05, 3.63) is 28.3 Å². The molecule has 0 spiro atoms. The fourth-order valence-corrected chi connectivity index (χ4v) is 4.65. The predicted molar refractivity (Wildman–Crippen MR) is 117 cm³/mol. The highest BCUT2D eigenvalue weighted by atomic mass is 32.2. The zero-order chi connectivity index (χ0) is 21.6. The molecule has 0 saturated carbocycles. The molecular formula is C19H32N4O3S2. The normalized spacial score (nSPS) is 12.6. The number of thiocarbonyl (C=S) groups is 1. The number of carbonyl (C=O) groups is 1. The zero-order valence-electron chi connectivity index (χ0n) is 17.7. The van der Waals surface area contributed by atoms with E-state index in [4.69, 9.17) is 12.2 Å². The molecule has 0 saturated heterocycles. The molecule has 4 N–H and O–H groups in total. The summed E-state index contributed by atoms with van der Waals surface area (Å²) in [4.78, 5) is 12.5. The van der Waals surface area contributed by atoms with Gasteiger partial charge in [-0.25, -0.2) is 8.42 Å². The standard InChI is InChI=1S/C19H32N4O3S2/c1-11(2)8-9-20-19(27)22-21-18(24)16(7)23-28(25,26)17-14(5)12(3)10-13(4)15(17)6/h10-11,16,23H,8-9H2,1-7H3,(H,21,24)(H2,20,22,27)/t16-/m0/s1. The highest BCUT2D eigenvalue weighted by Gasteiger charge is 2.26. The van der Waals surface area contributed by atoms with Crippen LogP contribution in [0.25, 0.3) is 0 Å². The average Bonchev–Trinajstić information content (AvgIpc) is 2.57. The highest BCUT2D eigenvalue weighted by molar-refractivity contribution is 7.89. The Morgan fingerprint density at radius 3 is 2.07 bits per heavy atom. The van der Waals surface area contributed by atoms with E-state index in [2.05, 4.69) is 34.7 Å². The predicted octanol–water partition coefficient (Wildman–Crippen LogP) is 2.13. The summed E-state index contributed by atoms with van der Waals surface area (Å²) in [7, 11) is -3.86. The van der Waals surface area contributed by atoms with Crippen molar-refractivity contribution < 1.29 is 13.2 Å².